The minimum absolute atomic E-state index is 0.0141. The highest BCUT2D eigenvalue weighted by Gasteiger charge is 2.35. The van der Waals surface area contributed by atoms with Gasteiger partial charge < -0.3 is 19.6 Å². The van der Waals surface area contributed by atoms with Crippen LogP contribution >= 0.6 is 0 Å². The van der Waals surface area contributed by atoms with Crippen LogP contribution in [0.5, 0.6) is 0 Å². The van der Waals surface area contributed by atoms with Crippen LogP contribution in [0.4, 0.5) is 4.79 Å². The summed E-state index contributed by atoms with van der Waals surface area (Å²) in [5.74, 6) is -0.884. The van der Waals surface area contributed by atoms with Gasteiger partial charge in [-0.3, -0.25) is 4.79 Å². The molecule has 1 aliphatic rings. The maximum absolute atomic E-state index is 11.6. The molecule has 1 N–H and O–H groups in total. The third-order valence-electron chi connectivity index (χ3n) is 2.44. The van der Waals surface area contributed by atoms with Crippen molar-refractivity contribution in [1.82, 2.24) is 9.80 Å². The van der Waals surface area contributed by atoms with Crippen LogP contribution in [0.15, 0.2) is 0 Å². The van der Waals surface area contributed by atoms with Gasteiger partial charge in [-0.15, -0.1) is 0 Å². The van der Waals surface area contributed by atoms with Gasteiger partial charge in [0.1, 0.15) is 0 Å². The number of hydrogen-bond acceptors (Lipinski definition) is 3. The molecule has 1 heterocycles. The van der Waals surface area contributed by atoms with Gasteiger partial charge in [-0.2, -0.15) is 0 Å². The molecule has 1 saturated heterocycles. The maximum Gasteiger partial charge on any atom is 0.320 e. The average molecular weight is 216 g/mol. The maximum atomic E-state index is 11.6. The SMILES string of the molecule is COCCN1C(=O)N(C)CC1CC(=O)O. The van der Waals surface area contributed by atoms with E-state index in [0.717, 1.165) is 0 Å². The van der Waals surface area contributed by atoms with Gasteiger partial charge >= 0.3 is 12.0 Å². The van der Waals surface area contributed by atoms with Crippen LogP contribution in [-0.2, 0) is 9.53 Å². The Morgan fingerprint density at radius 1 is 1.67 bits per heavy atom. The lowest BCUT2D eigenvalue weighted by Gasteiger charge is -2.21. The first kappa shape index (κ1) is 11.8. The molecule has 0 aliphatic carbocycles. The largest absolute Gasteiger partial charge is 0.481 e. The molecule has 0 aromatic rings. The third kappa shape index (κ3) is 2.82. The lowest BCUT2D eigenvalue weighted by molar-refractivity contribution is -0.138. The van der Waals surface area contributed by atoms with Crippen molar-refractivity contribution in [3.05, 3.63) is 0 Å². The van der Waals surface area contributed by atoms with Crippen LogP contribution in [0.25, 0.3) is 0 Å². The van der Waals surface area contributed by atoms with Crippen molar-refractivity contribution < 1.29 is 19.4 Å². The first-order chi connectivity index (χ1) is 7.06. The number of ether oxygens (including phenoxy) is 1. The van der Waals surface area contributed by atoms with E-state index in [-0.39, 0.29) is 18.5 Å². The molecule has 0 radical (unpaired) electrons. The van der Waals surface area contributed by atoms with Gasteiger partial charge in [0, 0.05) is 27.2 Å². The number of rotatable bonds is 5. The summed E-state index contributed by atoms with van der Waals surface area (Å²) in [5, 5.41) is 8.70. The number of nitrogens with zero attached hydrogens (tertiary/aromatic N) is 2. The number of likely N-dealkylation sites (N-methyl/N-ethyl adjacent to an activating group) is 1. The van der Waals surface area contributed by atoms with Gasteiger partial charge in [-0.1, -0.05) is 0 Å². The Morgan fingerprint density at radius 3 is 2.87 bits per heavy atom. The molecule has 1 aliphatic heterocycles. The zero-order valence-electron chi connectivity index (χ0n) is 8.97. The van der Waals surface area contributed by atoms with Gasteiger partial charge in [0.05, 0.1) is 19.1 Å². The second kappa shape index (κ2) is 4.97. The quantitative estimate of drug-likeness (QED) is 0.693. The molecule has 1 atom stereocenters. The van der Waals surface area contributed by atoms with Crippen LogP contribution in [0.2, 0.25) is 0 Å². The molecule has 6 nitrogen and oxygen atoms in total. The van der Waals surface area contributed by atoms with E-state index in [4.69, 9.17) is 9.84 Å². The van der Waals surface area contributed by atoms with E-state index in [1.54, 1.807) is 19.1 Å². The van der Waals surface area contributed by atoms with E-state index < -0.39 is 5.97 Å². The normalized spacial score (nSPS) is 21.2. The monoisotopic (exact) mass is 216 g/mol. The lowest BCUT2D eigenvalue weighted by atomic mass is 10.2. The highest BCUT2D eigenvalue weighted by molar-refractivity contribution is 5.78. The first-order valence-corrected chi connectivity index (χ1v) is 4.78. The molecule has 2 amide bonds. The topological polar surface area (TPSA) is 70.1 Å². The second-order valence-corrected chi connectivity index (χ2v) is 3.60. The van der Waals surface area contributed by atoms with Gasteiger partial charge in [0.25, 0.3) is 0 Å². The van der Waals surface area contributed by atoms with Crippen LogP contribution < -0.4 is 0 Å². The van der Waals surface area contributed by atoms with Crippen molar-refractivity contribution in [3.8, 4) is 0 Å². The highest BCUT2D eigenvalue weighted by atomic mass is 16.5. The Bertz CT molecular complexity index is 256. The molecular weight excluding hydrogens is 200 g/mol. The summed E-state index contributed by atoms with van der Waals surface area (Å²) in [6.07, 6.45) is -0.0141. The van der Waals surface area contributed by atoms with Crippen molar-refractivity contribution >= 4 is 12.0 Å². The summed E-state index contributed by atoms with van der Waals surface area (Å²) in [5.41, 5.74) is 0. The summed E-state index contributed by atoms with van der Waals surface area (Å²) in [6.45, 7) is 1.34. The molecule has 0 saturated carbocycles. The summed E-state index contributed by atoms with van der Waals surface area (Å²) in [4.78, 5) is 25.3. The van der Waals surface area contributed by atoms with Gasteiger partial charge in [-0.25, -0.2) is 4.79 Å². The minimum atomic E-state index is -0.884. The van der Waals surface area contributed by atoms with Crippen LogP contribution in [0.3, 0.4) is 0 Å². The zero-order chi connectivity index (χ0) is 11.4. The number of urea groups is 1. The van der Waals surface area contributed by atoms with E-state index in [9.17, 15) is 9.59 Å². The standard InChI is InChI=1S/C9H16N2O4/c1-10-6-7(5-8(12)13)11(9(10)14)3-4-15-2/h7H,3-6H2,1-2H3,(H,12,13). The molecule has 1 rings (SSSR count). The second-order valence-electron chi connectivity index (χ2n) is 3.60. The summed E-state index contributed by atoms with van der Waals surface area (Å²) in [6, 6.07) is -0.367. The number of hydrogen-bond donors (Lipinski definition) is 1. The van der Waals surface area contributed by atoms with Crippen molar-refractivity contribution in [2.75, 3.05) is 33.9 Å². The average Bonchev–Trinajstić information content (AvgIpc) is 2.40. The Balaban J connectivity index is 2.60. The minimum Gasteiger partial charge on any atom is -0.481 e. The molecule has 6 heteroatoms. The fraction of sp³-hybridized carbons (Fsp3) is 0.778. The lowest BCUT2D eigenvalue weighted by Crippen LogP contribution is -2.38. The van der Waals surface area contributed by atoms with E-state index in [1.807, 2.05) is 0 Å². The number of methoxy groups -OCH3 is 1. The molecule has 0 aromatic carbocycles. The Hall–Kier alpha value is -1.30. The van der Waals surface area contributed by atoms with Gasteiger partial charge in [0.2, 0.25) is 0 Å². The van der Waals surface area contributed by atoms with Crippen molar-refractivity contribution in [3.63, 3.8) is 0 Å². The molecule has 0 bridgehead atoms. The number of carbonyl (C=O) groups is 2. The van der Waals surface area contributed by atoms with Crippen LogP contribution in [0, 0.1) is 0 Å². The number of aliphatic carboxylic acids is 1. The summed E-state index contributed by atoms with van der Waals surface area (Å²) < 4.78 is 4.88. The van der Waals surface area contributed by atoms with Gasteiger partial charge in [0.15, 0.2) is 0 Å². The number of amides is 2. The number of carboxylic acids is 1. The smallest absolute Gasteiger partial charge is 0.320 e. The molecular formula is C9H16N2O4. The zero-order valence-corrected chi connectivity index (χ0v) is 8.97. The third-order valence-corrected chi connectivity index (χ3v) is 2.44. The summed E-state index contributed by atoms with van der Waals surface area (Å²) in [7, 11) is 3.22. The number of carbonyl (C=O) groups excluding carboxylic acids is 1. The fourth-order valence-corrected chi connectivity index (χ4v) is 1.71. The first-order valence-electron chi connectivity index (χ1n) is 4.78. The predicted molar refractivity (Wildman–Crippen MR) is 52.6 cm³/mol. The number of carboxylic acid groups (broad SMARTS) is 1. The van der Waals surface area contributed by atoms with E-state index in [2.05, 4.69) is 0 Å². The van der Waals surface area contributed by atoms with Crippen molar-refractivity contribution in [2.45, 2.75) is 12.5 Å². The van der Waals surface area contributed by atoms with Crippen molar-refractivity contribution in [1.29, 1.82) is 0 Å². The highest BCUT2D eigenvalue weighted by Crippen LogP contribution is 2.16. The Labute approximate surface area is 88.4 Å². The molecule has 1 unspecified atom stereocenters. The Morgan fingerprint density at radius 2 is 2.33 bits per heavy atom. The van der Waals surface area contributed by atoms with Gasteiger partial charge in [-0.05, 0) is 0 Å². The molecule has 0 spiro atoms. The molecule has 15 heavy (non-hydrogen) atoms. The molecule has 0 aromatic heterocycles. The molecule has 86 valence electrons. The van der Waals surface area contributed by atoms with Crippen LogP contribution in [0.1, 0.15) is 6.42 Å². The van der Waals surface area contributed by atoms with Crippen molar-refractivity contribution in [2.24, 2.45) is 0 Å². The summed E-state index contributed by atoms with van der Waals surface area (Å²) >= 11 is 0. The fourth-order valence-electron chi connectivity index (χ4n) is 1.71. The van der Waals surface area contributed by atoms with E-state index in [1.165, 1.54) is 4.90 Å². The Kier molecular flexibility index (Phi) is 3.90. The van der Waals surface area contributed by atoms with E-state index in [0.29, 0.717) is 19.7 Å². The van der Waals surface area contributed by atoms with Crippen LogP contribution in [-0.4, -0.2) is 66.8 Å². The van der Waals surface area contributed by atoms with E-state index >= 15 is 0 Å². The predicted octanol–water partition coefficient (Wildman–Crippen LogP) is -0.156. The molecule has 1 fully saturated rings.